The Bertz CT molecular complexity index is 278. The van der Waals surface area contributed by atoms with Gasteiger partial charge in [0, 0.05) is 23.7 Å². The molecule has 0 aliphatic rings. The van der Waals surface area contributed by atoms with Gasteiger partial charge in [-0.15, -0.1) is 0 Å². The molecule has 0 aromatic heterocycles. The molecule has 0 heterocycles. The molecule has 1 aromatic rings. The van der Waals surface area contributed by atoms with Gasteiger partial charge in [-0.1, -0.05) is 34.1 Å². The summed E-state index contributed by atoms with van der Waals surface area (Å²) in [6, 6.07) is 8.51. The number of halogens is 1. The lowest BCUT2D eigenvalue weighted by Gasteiger charge is -2.12. The lowest BCUT2D eigenvalue weighted by Crippen LogP contribution is -2.26. The quantitative estimate of drug-likeness (QED) is 0.849. The Balaban J connectivity index is 2.41. The maximum atomic E-state index is 8.74. The van der Waals surface area contributed by atoms with Crippen molar-refractivity contribution in [1.29, 1.82) is 0 Å². The summed E-state index contributed by atoms with van der Waals surface area (Å²) in [4.78, 5) is 0. The van der Waals surface area contributed by atoms with Crippen molar-refractivity contribution in [3.05, 3.63) is 34.3 Å². The molecule has 0 radical (unpaired) electrons. The number of aliphatic hydroxyl groups excluding tert-OH is 1. The van der Waals surface area contributed by atoms with Crippen molar-refractivity contribution in [2.75, 3.05) is 6.61 Å². The van der Waals surface area contributed by atoms with Crippen LogP contribution < -0.4 is 5.32 Å². The summed E-state index contributed by atoms with van der Waals surface area (Å²) in [6.07, 6.45) is 0.796. The Morgan fingerprint density at radius 2 is 2.14 bits per heavy atom. The van der Waals surface area contributed by atoms with E-state index in [4.69, 9.17) is 5.11 Å². The molecule has 0 spiro atoms. The summed E-state index contributed by atoms with van der Waals surface area (Å²) >= 11 is 3.50. The van der Waals surface area contributed by atoms with Crippen LogP contribution in [0, 0.1) is 0 Å². The molecule has 3 heteroatoms. The monoisotopic (exact) mass is 257 g/mol. The van der Waals surface area contributed by atoms with Crippen molar-refractivity contribution in [1.82, 2.24) is 5.32 Å². The fourth-order valence-corrected chi connectivity index (χ4v) is 1.65. The number of rotatable bonds is 5. The van der Waals surface area contributed by atoms with Gasteiger partial charge in [0.15, 0.2) is 0 Å². The third-order valence-electron chi connectivity index (χ3n) is 2.16. The van der Waals surface area contributed by atoms with E-state index >= 15 is 0 Å². The van der Waals surface area contributed by atoms with E-state index in [1.165, 1.54) is 5.56 Å². The van der Waals surface area contributed by atoms with Crippen molar-refractivity contribution in [3.63, 3.8) is 0 Å². The van der Waals surface area contributed by atoms with Crippen LogP contribution in [0.3, 0.4) is 0 Å². The molecule has 0 saturated carbocycles. The molecule has 1 rings (SSSR count). The highest BCUT2D eigenvalue weighted by molar-refractivity contribution is 9.10. The third kappa shape index (κ3) is 3.78. The van der Waals surface area contributed by atoms with E-state index in [0.717, 1.165) is 17.4 Å². The lowest BCUT2D eigenvalue weighted by molar-refractivity contribution is 0.268. The minimum atomic E-state index is 0.240. The summed E-state index contributed by atoms with van der Waals surface area (Å²) in [6.45, 7) is 3.15. The molecule has 0 amide bonds. The van der Waals surface area contributed by atoms with Gasteiger partial charge in [-0.3, -0.25) is 0 Å². The molecule has 0 bridgehead atoms. The van der Waals surface area contributed by atoms with Crippen molar-refractivity contribution in [2.45, 2.75) is 25.9 Å². The Hall–Kier alpha value is -0.380. The second kappa shape index (κ2) is 6.17. The molecule has 0 fully saturated rings. The molecular weight excluding hydrogens is 242 g/mol. The molecule has 1 atom stereocenters. The van der Waals surface area contributed by atoms with E-state index in [2.05, 4.69) is 34.2 Å². The Kier molecular flexibility index (Phi) is 5.15. The van der Waals surface area contributed by atoms with Gasteiger partial charge in [0.05, 0.1) is 0 Å². The number of hydrogen-bond acceptors (Lipinski definition) is 2. The molecular formula is C11H16BrNO. The van der Waals surface area contributed by atoms with Gasteiger partial charge in [-0.2, -0.15) is 0 Å². The lowest BCUT2D eigenvalue weighted by atomic mass is 10.2. The smallest absolute Gasteiger partial charge is 0.0445 e. The standard InChI is InChI=1S/C11H16BrNO/c1-9(6-7-14)13-8-10-4-2-3-5-11(10)12/h2-5,9,13-14H,6-8H2,1H3/t9-/m1/s1. The normalized spacial score (nSPS) is 12.8. The van der Waals surface area contributed by atoms with Crippen LogP contribution in [0.1, 0.15) is 18.9 Å². The fraction of sp³-hybridized carbons (Fsp3) is 0.455. The Morgan fingerprint density at radius 3 is 2.79 bits per heavy atom. The maximum absolute atomic E-state index is 8.74. The van der Waals surface area contributed by atoms with E-state index in [0.29, 0.717) is 6.04 Å². The van der Waals surface area contributed by atoms with Crippen LogP contribution in [0.15, 0.2) is 28.7 Å². The topological polar surface area (TPSA) is 32.3 Å². The summed E-state index contributed by atoms with van der Waals surface area (Å²) < 4.78 is 1.13. The van der Waals surface area contributed by atoms with Crippen molar-refractivity contribution >= 4 is 15.9 Å². The first kappa shape index (κ1) is 11.7. The molecule has 0 saturated heterocycles. The van der Waals surface area contributed by atoms with Gasteiger partial charge in [0.2, 0.25) is 0 Å². The average Bonchev–Trinajstić information content (AvgIpc) is 2.17. The van der Waals surface area contributed by atoms with Crippen LogP contribution in [0.5, 0.6) is 0 Å². The first-order valence-corrected chi connectivity index (χ1v) is 5.61. The van der Waals surface area contributed by atoms with Crippen LogP contribution in [0.25, 0.3) is 0 Å². The third-order valence-corrected chi connectivity index (χ3v) is 2.93. The minimum absolute atomic E-state index is 0.240. The molecule has 78 valence electrons. The molecule has 14 heavy (non-hydrogen) atoms. The second-order valence-corrected chi connectivity index (χ2v) is 4.24. The van der Waals surface area contributed by atoms with Gasteiger partial charge in [-0.25, -0.2) is 0 Å². The summed E-state index contributed by atoms with van der Waals surface area (Å²) in [5, 5.41) is 12.1. The van der Waals surface area contributed by atoms with Gasteiger partial charge in [0.1, 0.15) is 0 Å². The number of hydrogen-bond donors (Lipinski definition) is 2. The molecule has 2 N–H and O–H groups in total. The van der Waals surface area contributed by atoms with Crippen LogP contribution in [-0.4, -0.2) is 17.8 Å². The van der Waals surface area contributed by atoms with Crippen molar-refractivity contribution in [2.24, 2.45) is 0 Å². The van der Waals surface area contributed by atoms with Gasteiger partial charge >= 0.3 is 0 Å². The van der Waals surface area contributed by atoms with Crippen LogP contribution in [-0.2, 0) is 6.54 Å². The average molecular weight is 258 g/mol. The largest absolute Gasteiger partial charge is 0.396 e. The summed E-state index contributed by atoms with van der Waals surface area (Å²) in [7, 11) is 0. The van der Waals surface area contributed by atoms with E-state index in [9.17, 15) is 0 Å². The predicted molar refractivity (Wildman–Crippen MR) is 62.1 cm³/mol. The van der Waals surface area contributed by atoms with Gasteiger partial charge in [0.25, 0.3) is 0 Å². The Morgan fingerprint density at radius 1 is 1.43 bits per heavy atom. The zero-order valence-electron chi connectivity index (χ0n) is 8.33. The SMILES string of the molecule is C[C@H](CCO)NCc1ccccc1Br. The molecule has 0 aliphatic heterocycles. The highest BCUT2D eigenvalue weighted by atomic mass is 79.9. The fourth-order valence-electron chi connectivity index (χ4n) is 1.22. The van der Waals surface area contributed by atoms with Crippen molar-refractivity contribution < 1.29 is 5.11 Å². The van der Waals surface area contributed by atoms with Crippen LogP contribution in [0.4, 0.5) is 0 Å². The second-order valence-electron chi connectivity index (χ2n) is 3.39. The van der Waals surface area contributed by atoms with Crippen LogP contribution in [0.2, 0.25) is 0 Å². The van der Waals surface area contributed by atoms with Gasteiger partial charge < -0.3 is 10.4 Å². The highest BCUT2D eigenvalue weighted by Gasteiger charge is 2.02. The van der Waals surface area contributed by atoms with Crippen molar-refractivity contribution in [3.8, 4) is 0 Å². The van der Waals surface area contributed by atoms with Gasteiger partial charge in [-0.05, 0) is 25.0 Å². The molecule has 1 aromatic carbocycles. The van der Waals surface area contributed by atoms with Crippen LogP contribution >= 0.6 is 15.9 Å². The molecule has 2 nitrogen and oxygen atoms in total. The molecule has 0 unspecified atom stereocenters. The maximum Gasteiger partial charge on any atom is 0.0445 e. The molecule has 0 aliphatic carbocycles. The highest BCUT2D eigenvalue weighted by Crippen LogP contribution is 2.15. The minimum Gasteiger partial charge on any atom is -0.396 e. The number of benzene rings is 1. The zero-order valence-corrected chi connectivity index (χ0v) is 9.92. The van der Waals surface area contributed by atoms with E-state index in [1.54, 1.807) is 0 Å². The first-order chi connectivity index (χ1) is 6.74. The number of aliphatic hydroxyl groups is 1. The zero-order chi connectivity index (χ0) is 10.4. The predicted octanol–water partition coefficient (Wildman–Crippen LogP) is 2.31. The summed E-state index contributed by atoms with van der Waals surface area (Å²) in [5.41, 5.74) is 1.25. The first-order valence-electron chi connectivity index (χ1n) is 4.81. The Labute approximate surface area is 93.5 Å². The number of nitrogens with one attached hydrogen (secondary N) is 1. The van der Waals surface area contributed by atoms with E-state index < -0.39 is 0 Å². The summed E-state index contributed by atoms with van der Waals surface area (Å²) in [5.74, 6) is 0. The van der Waals surface area contributed by atoms with E-state index in [-0.39, 0.29) is 6.61 Å². The van der Waals surface area contributed by atoms with E-state index in [1.807, 2.05) is 18.2 Å².